The van der Waals surface area contributed by atoms with Crippen LogP contribution in [0.3, 0.4) is 0 Å². The maximum atomic E-state index is 4.54. The Morgan fingerprint density at radius 3 is 2.72 bits per heavy atom. The van der Waals surface area contributed by atoms with Crippen molar-refractivity contribution in [1.82, 2.24) is 15.6 Å². The molecular formula is C13H24N4S. The third-order valence-electron chi connectivity index (χ3n) is 2.32. The topological polar surface area (TPSA) is 49.3 Å². The molecule has 0 aromatic carbocycles. The molecule has 5 heteroatoms. The van der Waals surface area contributed by atoms with Crippen molar-refractivity contribution < 1.29 is 0 Å². The monoisotopic (exact) mass is 268 g/mol. The van der Waals surface area contributed by atoms with Gasteiger partial charge in [0, 0.05) is 18.5 Å². The summed E-state index contributed by atoms with van der Waals surface area (Å²) in [4.78, 5) is 9.05. The van der Waals surface area contributed by atoms with Crippen LogP contribution in [0.4, 0.5) is 0 Å². The van der Waals surface area contributed by atoms with Gasteiger partial charge in [0.1, 0.15) is 0 Å². The summed E-state index contributed by atoms with van der Waals surface area (Å²) < 4.78 is 0. The average Bonchev–Trinajstić information content (AvgIpc) is 2.80. The van der Waals surface area contributed by atoms with E-state index in [0.717, 1.165) is 31.2 Å². The zero-order chi connectivity index (χ0) is 13.4. The second-order valence-corrected chi connectivity index (χ2v) is 5.50. The lowest BCUT2D eigenvalue weighted by Gasteiger charge is -2.12. The summed E-state index contributed by atoms with van der Waals surface area (Å²) in [5.41, 5.74) is 1.05. The van der Waals surface area contributed by atoms with E-state index in [9.17, 15) is 0 Å². The Kier molecular flexibility index (Phi) is 6.72. The number of aromatic nitrogens is 1. The molecule has 1 aromatic heterocycles. The van der Waals surface area contributed by atoms with Gasteiger partial charge in [-0.25, -0.2) is 9.98 Å². The van der Waals surface area contributed by atoms with E-state index >= 15 is 0 Å². The van der Waals surface area contributed by atoms with Crippen LogP contribution in [0.15, 0.2) is 10.4 Å². The van der Waals surface area contributed by atoms with E-state index in [4.69, 9.17) is 0 Å². The van der Waals surface area contributed by atoms with Crippen molar-refractivity contribution in [3.05, 3.63) is 16.1 Å². The molecule has 0 bridgehead atoms. The predicted molar refractivity (Wildman–Crippen MR) is 79.1 cm³/mol. The lowest BCUT2D eigenvalue weighted by Crippen LogP contribution is -2.39. The number of aliphatic imine (C=N–C) groups is 1. The zero-order valence-electron chi connectivity index (χ0n) is 11.8. The minimum atomic E-state index is 0.611. The lowest BCUT2D eigenvalue weighted by atomic mass is 10.2. The Balaban J connectivity index is 2.53. The fraction of sp³-hybridized carbons (Fsp3) is 0.692. The number of nitrogens with one attached hydrogen (secondary N) is 2. The van der Waals surface area contributed by atoms with Gasteiger partial charge in [-0.1, -0.05) is 20.8 Å². The molecule has 0 amide bonds. The molecular weight excluding hydrogens is 244 g/mol. The summed E-state index contributed by atoms with van der Waals surface area (Å²) in [5.74, 6) is 1.48. The van der Waals surface area contributed by atoms with Crippen LogP contribution in [0.1, 0.15) is 38.4 Å². The van der Waals surface area contributed by atoms with E-state index in [2.05, 4.69) is 53.7 Å². The molecule has 1 rings (SSSR count). The Labute approximate surface area is 114 Å². The first-order chi connectivity index (χ1) is 8.65. The van der Waals surface area contributed by atoms with Crippen LogP contribution in [0, 0.1) is 5.92 Å². The highest BCUT2D eigenvalue weighted by Gasteiger charge is 2.02. The second kappa shape index (κ2) is 8.08. The van der Waals surface area contributed by atoms with E-state index < -0.39 is 0 Å². The molecule has 0 aliphatic heterocycles. The Hall–Kier alpha value is -1.10. The van der Waals surface area contributed by atoms with E-state index in [1.54, 1.807) is 11.3 Å². The fourth-order valence-electron chi connectivity index (χ4n) is 1.39. The quantitative estimate of drug-likeness (QED) is 0.615. The number of aryl methyl sites for hydroxylation is 1. The number of thiazole rings is 1. The Morgan fingerprint density at radius 2 is 2.17 bits per heavy atom. The van der Waals surface area contributed by atoms with Crippen LogP contribution >= 0.6 is 11.3 Å². The van der Waals surface area contributed by atoms with Gasteiger partial charge in [0.05, 0.1) is 17.2 Å². The first kappa shape index (κ1) is 15.0. The van der Waals surface area contributed by atoms with Crippen LogP contribution in [-0.4, -0.2) is 24.0 Å². The van der Waals surface area contributed by atoms with Crippen molar-refractivity contribution >= 4 is 17.3 Å². The van der Waals surface area contributed by atoms with Gasteiger partial charge in [-0.3, -0.25) is 0 Å². The van der Waals surface area contributed by atoms with E-state index in [0.29, 0.717) is 12.5 Å². The van der Waals surface area contributed by atoms with Gasteiger partial charge >= 0.3 is 0 Å². The van der Waals surface area contributed by atoms with Crippen molar-refractivity contribution in [2.75, 3.05) is 13.1 Å². The van der Waals surface area contributed by atoms with Crippen molar-refractivity contribution in [2.24, 2.45) is 10.9 Å². The average molecular weight is 268 g/mol. The third kappa shape index (κ3) is 5.49. The van der Waals surface area contributed by atoms with Crippen LogP contribution in [-0.2, 0) is 13.0 Å². The molecule has 102 valence electrons. The zero-order valence-corrected chi connectivity index (χ0v) is 12.6. The minimum absolute atomic E-state index is 0.611. The van der Waals surface area contributed by atoms with Gasteiger partial charge in [-0.05, 0) is 19.3 Å². The van der Waals surface area contributed by atoms with Gasteiger partial charge in [0.2, 0.25) is 0 Å². The first-order valence-electron chi connectivity index (χ1n) is 6.61. The van der Waals surface area contributed by atoms with Crippen molar-refractivity contribution in [1.29, 1.82) is 0 Å². The maximum absolute atomic E-state index is 4.54. The van der Waals surface area contributed by atoms with Gasteiger partial charge in [0.15, 0.2) is 5.96 Å². The van der Waals surface area contributed by atoms with E-state index in [-0.39, 0.29) is 0 Å². The lowest BCUT2D eigenvalue weighted by molar-refractivity contribution is 0.614. The van der Waals surface area contributed by atoms with E-state index in [1.165, 1.54) is 5.01 Å². The normalized spacial score (nSPS) is 11.9. The van der Waals surface area contributed by atoms with Gasteiger partial charge in [-0.2, -0.15) is 0 Å². The van der Waals surface area contributed by atoms with Crippen molar-refractivity contribution in [3.63, 3.8) is 0 Å². The highest BCUT2D eigenvalue weighted by molar-refractivity contribution is 7.09. The molecule has 0 spiro atoms. The minimum Gasteiger partial charge on any atom is -0.357 e. The van der Waals surface area contributed by atoms with Crippen LogP contribution in [0.5, 0.6) is 0 Å². The molecule has 0 saturated heterocycles. The second-order valence-electron chi connectivity index (χ2n) is 4.56. The van der Waals surface area contributed by atoms with Gasteiger partial charge in [-0.15, -0.1) is 11.3 Å². The molecule has 2 N–H and O–H groups in total. The molecule has 0 aliphatic rings. The smallest absolute Gasteiger partial charge is 0.191 e. The summed E-state index contributed by atoms with van der Waals surface area (Å²) in [6.45, 7) is 11.0. The molecule has 1 heterocycles. The number of hydrogen-bond acceptors (Lipinski definition) is 3. The molecule has 0 aliphatic carbocycles. The molecule has 1 aromatic rings. The Morgan fingerprint density at radius 1 is 1.39 bits per heavy atom. The third-order valence-corrected chi connectivity index (χ3v) is 3.36. The predicted octanol–water partition coefficient (Wildman–Crippen LogP) is 2.42. The summed E-state index contributed by atoms with van der Waals surface area (Å²) in [6.07, 6.45) is 1.00. The van der Waals surface area contributed by atoms with Crippen LogP contribution < -0.4 is 10.6 Å². The summed E-state index contributed by atoms with van der Waals surface area (Å²) in [6, 6.07) is 0. The highest BCUT2D eigenvalue weighted by Crippen LogP contribution is 2.10. The number of nitrogens with zero attached hydrogens (tertiary/aromatic N) is 2. The largest absolute Gasteiger partial charge is 0.357 e. The number of hydrogen-bond donors (Lipinski definition) is 2. The molecule has 0 fully saturated rings. The maximum Gasteiger partial charge on any atom is 0.191 e. The fourth-order valence-corrected chi connectivity index (χ4v) is 2.12. The molecule has 0 radical (unpaired) electrons. The van der Waals surface area contributed by atoms with Crippen molar-refractivity contribution in [2.45, 2.75) is 40.7 Å². The van der Waals surface area contributed by atoms with Gasteiger partial charge < -0.3 is 10.6 Å². The molecule has 0 unspecified atom stereocenters. The Bertz CT molecular complexity index is 371. The van der Waals surface area contributed by atoms with Crippen LogP contribution in [0.25, 0.3) is 0 Å². The SMILES string of the molecule is CCNC(=NCc1csc(CC)n1)NCC(C)C. The molecule has 0 atom stereocenters. The molecule has 0 saturated carbocycles. The first-order valence-corrected chi connectivity index (χ1v) is 7.49. The number of guanidine groups is 1. The standard InChI is InChI=1S/C13H24N4S/c1-5-12-17-11(9-18-12)8-16-13(14-6-2)15-7-10(3)4/h9-10H,5-8H2,1-4H3,(H2,14,15,16). The molecule has 4 nitrogen and oxygen atoms in total. The number of rotatable bonds is 6. The summed E-state index contributed by atoms with van der Waals surface area (Å²) >= 11 is 1.71. The summed E-state index contributed by atoms with van der Waals surface area (Å²) in [5, 5.41) is 9.84. The van der Waals surface area contributed by atoms with Gasteiger partial charge in [0.25, 0.3) is 0 Å². The molecule has 18 heavy (non-hydrogen) atoms. The van der Waals surface area contributed by atoms with E-state index in [1.807, 2.05) is 0 Å². The van der Waals surface area contributed by atoms with Crippen LogP contribution in [0.2, 0.25) is 0 Å². The summed E-state index contributed by atoms with van der Waals surface area (Å²) in [7, 11) is 0. The van der Waals surface area contributed by atoms with Crippen molar-refractivity contribution in [3.8, 4) is 0 Å². The highest BCUT2D eigenvalue weighted by atomic mass is 32.1.